The molecule has 4 aromatic heterocycles. The van der Waals surface area contributed by atoms with Gasteiger partial charge in [0, 0.05) is 74.6 Å². The Morgan fingerprint density at radius 1 is 0.825 bits per heavy atom. The Kier molecular flexibility index (Phi) is 7.95. The lowest BCUT2D eigenvalue weighted by Gasteiger charge is -2.07. The van der Waals surface area contributed by atoms with Gasteiger partial charge in [-0.05, 0) is 36.1 Å². The van der Waals surface area contributed by atoms with E-state index in [2.05, 4.69) is 24.9 Å². The zero-order valence-corrected chi connectivity index (χ0v) is 21.4. The lowest BCUT2D eigenvalue weighted by atomic mass is 10.1. The molecule has 12 heteroatoms. The van der Waals surface area contributed by atoms with Gasteiger partial charge >= 0.3 is 0 Å². The van der Waals surface area contributed by atoms with Crippen molar-refractivity contribution in [3.05, 3.63) is 95.2 Å². The minimum absolute atomic E-state index is 0.0906. The van der Waals surface area contributed by atoms with Crippen LogP contribution >= 0.6 is 0 Å². The van der Waals surface area contributed by atoms with E-state index in [1.807, 2.05) is 0 Å². The molecular weight excluding hydrogens is 536 g/mol. The summed E-state index contributed by atoms with van der Waals surface area (Å²) in [7, 11) is 0. The molecule has 2 aliphatic carbocycles. The van der Waals surface area contributed by atoms with E-state index in [9.17, 15) is 26.3 Å². The molecule has 0 bridgehead atoms. The van der Waals surface area contributed by atoms with E-state index in [1.165, 1.54) is 18.7 Å². The minimum atomic E-state index is -2.63. The fraction of sp³-hybridized carbons (Fsp3) is 0.429. The molecule has 6 nitrogen and oxygen atoms in total. The van der Waals surface area contributed by atoms with Crippen molar-refractivity contribution in [3.63, 3.8) is 0 Å². The molecule has 2 atom stereocenters. The second kappa shape index (κ2) is 11.4. The maximum atomic E-state index is 13.5. The predicted molar refractivity (Wildman–Crippen MR) is 132 cm³/mol. The van der Waals surface area contributed by atoms with Gasteiger partial charge in [-0.1, -0.05) is 0 Å². The summed E-state index contributed by atoms with van der Waals surface area (Å²) >= 11 is 0. The van der Waals surface area contributed by atoms with Crippen LogP contribution in [0.2, 0.25) is 0 Å². The maximum absolute atomic E-state index is 13.5. The second-order valence-corrected chi connectivity index (χ2v) is 10.3. The lowest BCUT2D eigenvalue weighted by Crippen LogP contribution is -2.09. The van der Waals surface area contributed by atoms with Crippen LogP contribution in [0.5, 0.6) is 0 Å². The fourth-order valence-electron chi connectivity index (χ4n) is 5.10. The first-order valence-electron chi connectivity index (χ1n) is 13.0. The van der Waals surface area contributed by atoms with E-state index < -0.39 is 17.7 Å². The van der Waals surface area contributed by atoms with Gasteiger partial charge in [0.2, 0.25) is 11.8 Å². The van der Waals surface area contributed by atoms with Crippen LogP contribution in [0.3, 0.4) is 0 Å². The predicted octanol–water partition coefficient (Wildman–Crippen LogP) is 7.14. The van der Waals surface area contributed by atoms with Crippen LogP contribution in [0, 0.1) is 11.6 Å². The van der Waals surface area contributed by atoms with Gasteiger partial charge in [-0.2, -0.15) is 0 Å². The molecule has 4 aromatic rings. The number of aromatic amines is 1. The van der Waals surface area contributed by atoms with Gasteiger partial charge in [0.05, 0.1) is 18.1 Å². The number of nitrogens with one attached hydrogen (secondary N) is 1. The van der Waals surface area contributed by atoms with Crippen molar-refractivity contribution in [1.82, 2.24) is 24.9 Å². The average Bonchev–Trinajstić information content (AvgIpc) is 3.70. The molecular formula is C28H27F6N5O. The molecule has 2 saturated carbocycles. The van der Waals surface area contributed by atoms with E-state index in [-0.39, 0.29) is 49.8 Å². The highest BCUT2D eigenvalue weighted by molar-refractivity contribution is 5.21. The van der Waals surface area contributed by atoms with E-state index >= 15 is 0 Å². The summed E-state index contributed by atoms with van der Waals surface area (Å²) in [5.74, 6) is -5.69. The molecule has 0 aliphatic heterocycles. The van der Waals surface area contributed by atoms with Crippen molar-refractivity contribution >= 4 is 0 Å². The fourth-order valence-corrected chi connectivity index (χ4v) is 5.10. The Morgan fingerprint density at radius 2 is 1.43 bits per heavy atom. The third-order valence-corrected chi connectivity index (χ3v) is 7.23. The SMILES string of the molecule is Fc1cnccc1Cc1cnc(C2CCC(F)(F)C2)[nH]1.Fc1cnccc1Cc1coc(C2CCC(F)(F)C2)n1. The number of oxazole rings is 1. The first-order chi connectivity index (χ1) is 19.1. The van der Waals surface area contributed by atoms with Gasteiger partial charge in [-0.15, -0.1) is 0 Å². The smallest absolute Gasteiger partial charge is 0.248 e. The summed E-state index contributed by atoms with van der Waals surface area (Å²) in [6, 6.07) is 3.16. The van der Waals surface area contributed by atoms with Gasteiger partial charge in [0.1, 0.15) is 23.7 Å². The molecule has 212 valence electrons. The van der Waals surface area contributed by atoms with E-state index in [1.54, 1.807) is 18.3 Å². The standard InChI is InChI=1S/C14H14F3N3.C14H13F3N2O/c15-12-8-18-4-2-9(12)5-11-7-19-13(20-11)10-1-3-14(16,17)6-10;15-12-7-18-4-2-9(12)5-11-8-20-13(19-11)10-1-3-14(16,17)6-10/h2,4,7-8,10H,1,3,5-6H2,(H,19,20);2,4,7-8,10H,1,3,5-6H2. The lowest BCUT2D eigenvalue weighted by molar-refractivity contribution is 0.00657. The first kappa shape index (κ1) is 27.9. The number of H-pyrrole nitrogens is 1. The molecule has 2 unspecified atom stereocenters. The number of rotatable bonds is 6. The van der Waals surface area contributed by atoms with Gasteiger partial charge in [-0.3, -0.25) is 9.97 Å². The molecule has 0 saturated heterocycles. The van der Waals surface area contributed by atoms with Gasteiger partial charge in [-0.25, -0.2) is 36.3 Å². The summed E-state index contributed by atoms with van der Waals surface area (Å²) in [6.07, 6.45) is 9.12. The summed E-state index contributed by atoms with van der Waals surface area (Å²) < 4.78 is 84.9. The Hall–Kier alpha value is -3.70. The van der Waals surface area contributed by atoms with Crippen molar-refractivity contribution in [1.29, 1.82) is 0 Å². The van der Waals surface area contributed by atoms with E-state index in [4.69, 9.17) is 4.42 Å². The largest absolute Gasteiger partial charge is 0.448 e. The number of nitrogens with zero attached hydrogens (tertiary/aromatic N) is 4. The summed E-state index contributed by atoms with van der Waals surface area (Å²) in [5, 5.41) is 0. The van der Waals surface area contributed by atoms with Crippen LogP contribution in [-0.2, 0) is 12.8 Å². The number of halogens is 6. The van der Waals surface area contributed by atoms with Crippen molar-refractivity contribution < 1.29 is 30.8 Å². The number of hydrogen-bond donors (Lipinski definition) is 1. The van der Waals surface area contributed by atoms with Crippen LogP contribution in [0.4, 0.5) is 26.3 Å². The quantitative estimate of drug-likeness (QED) is 0.252. The van der Waals surface area contributed by atoms with Crippen molar-refractivity contribution in [2.75, 3.05) is 0 Å². The zero-order chi connectivity index (χ0) is 28.3. The Labute approximate surface area is 226 Å². The van der Waals surface area contributed by atoms with Gasteiger partial charge < -0.3 is 9.40 Å². The summed E-state index contributed by atoms with van der Waals surface area (Å²) in [4.78, 5) is 18.8. The van der Waals surface area contributed by atoms with Gasteiger partial charge in [0.25, 0.3) is 0 Å². The third kappa shape index (κ3) is 6.89. The van der Waals surface area contributed by atoms with Crippen molar-refractivity contribution in [3.8, 4) is 0 Å². The van der Waals surface area contributed by atoms with Crippen LogP contribution in [0.15, 0.2) is 53.8 Å². The summed E-state index contributed by atoms with van der Waals surface area (Å²) in [5.41, 5.74) is 2.23. The van der Waals surface area contributed by atoms with Crippen LogP contribution < -0.4 is 0 Å². The van der Waals surface area contributed by atoms with Crippen LogP contribution in [-0.4, -0.2) is 36.8 Å². The molecule has 0 radical (unpaired) electrons. The number of hydrogen-bond acceptors (Lipinski definition) is 5. The number of imidazole rings is 1. The number of aromatic nitrogens is 5. The Bertz CT molecular complexity index is 1330. The normalized spacial score (nSPS) is 21.2. The van der Waals surface area contributed by atoms with Gasteiger partial charge in [0.15, 0.2) is 5.89 Å². The highest BCUT2D eigenvalue weighted by atomic mass is 19.3. The molecule has 2 aliphatic rings. The molecule has 6 rings (SSSR count). The van der Waals surface area contributed by atoms with Crippen LogP contribution in [0.1, 0.15) is 84.6 Å². The molecule has 0 aromatic carbocycles. The topological polar surface area (TPSA) is 80.5 Å². The summed E-state index contributed by atoms with van der Waals surface area (Å²) in [6.45, 7) is 0. The molecule has 0 spiro atoms. The molecule has 40 heavy (non-hydrogen) atoms. The second-order valence-electron chi connectivity index (χ2n) is 10.3. The third-order valence-electron chi connectivity index (χ3n) is 7.23. The highest BCUT2D eigenvalue weighted by Gasteiger charge is 2.42. The van der Waals surface area contributed by atoms with E-state index in [0.717, 1.165) is 18.1 Å². The number of alkyl halides is 4. The molecule has 1 N–H and O–H groups in total. The maximum Gasteiger partial charge on any atom is 0.248 e. The molecule has 4 heterocycles. The van der Waals surface area contributed by atoms with Crippen molar-refractivity contribution in [2.24, 2.45) is 0 Å². The van der Waals surface area contributed by atoms with E-state index in [0.29, 0.717) is 47.8 Å². The van der Waals surface area contributed by atoms with Crippen LogP contribution in [0.25, 0.3) is 0 Å². The Balaban J connectivity index is 0.000000161. The first-order valence-corrected chi connectivity index (χ1v) is 13.0. The highest BCUT2D eigenvalue weighted by Crippen LogP contribution is 2.44. The van der Waals surface area contributed by atoms with Crippen molar-refractivity contribution in [2.45, 2.75) is 75.0 Å². The Morgan fingerprint density at radius 3 is 2.00 bits per heavy atom. The minimum Gasteiger partial charge on any atom is -0.448 e. The average molecular weight is 564 g/mol. The molecule has 2 fully saturated rings. The number of pyridine rings is 2. The zero-order valence-electron chi connectivity index (χ0n) is 21.4. The molecule has 0 amide bonds. The monoisotopic (exact) mass is 563 g/mol.